The largest absolute Gasteiger partial charge is 0.330 e. The molecule has 0 N–H and O–H groups in total. The van der Waals surface area contributed by atoms with Crippen LogP contribution in [0.4, 0.5) is 31.5 Å². The summed E-state index contributed by atoms with van der Waals surface area (Å²) in [6.45, 7) is 29.1. The summed E-state index contributed by atoms with van der Waals surface area (Å²) in [7, 11) is -7.39. The minimum absolute atomic E-state index is 0.143. The molecule has 4 aliphatic carbocycles. The molecule has 12 rings (SSSR count). The van der Waals surface area contributed by atoms with Crippen LogP contribution in [-0.4, -0.2) is 38.3 Å². The van der Waals surface area contributed by atoms with Crippen molar-refractivity contribution in [1.82, 2.24) is 0 Å². The molecule has 8 heteroatoms. The Morgan fingerprint density at radius 2 is 0.845 bits per heavy atom. The maximum Gasteiger partial charge on any atom is 0.125 e. The molecule has 0 aliphatic heterocycles. The van der Waals surface area contributed by atoms with Crippen LogP contribution in [0.25, 0.3) is 44.5 Å². The summed E-state index contributed by atoms with van der Waals surface area (Å²) in [4.78, 5) is 4.71. The highest BCUT2D eigenvalue weighted by Gasteiger charge is 2.41. The lowest BCUT2D eigenvalue weighted by atomic mass is 9.67. The Morgan fingerprint density at radius 3 is 1.37 bits per heavy atom. The van der Waals surface area contributed by atoms with Gasteiger partial charge >= 0.3 is 0 Å². The zero-order chi connectivity index (χ0) is 59.0. The van der Waals surface area contributed by atoms with E-state index in [4.69, 9.17) is 0 Å². The van der Waals surface area contributed by atoms with Gasteiger partial charge in [-0.1, -0.05) is 263 Å². The molecule has 8 aromatic rings. The molecule has 2 unspecified atom stereocenters. The normalized spacial score (nSPS) is 16.6. The lowest BCUT2D eigenvalue weighted by Crippen LogP contribution is -2.40. The van der Waals surface area contributed by atoms with E-state index in [1.54, 1.807) is 24.3 Å². The molecule has 0 saturated carbocycles. The van der Waals surface area contributed by atoms with Gasteiger partial charge in [-0.05, 0) is 128 Å². The van der Waals surface area contributed by atoms with Crippen LogP contribution in [0.2, 0.25) is 78.6 Å². The maximum absolute atomic E-state index is 16.1. The molecule has 0 fully saturated rings. The minimum atomic E-state index is -1.93. The SMILES string of the molecule is C[Si](C)(C)c1ccccc1-c1ccc(N(C2=C3C=CC4=C5C(=CC=C(C=C2)C35)C(N(c2cccc(F)c2)c2ccc(-c3ccccc3[Si](C)(C)C)cc2-c2ccccc2[Si](C)(C)C)C=C4)c2cccc(F)c2)c(-c2ccccc2[Si](C)(C)C)c1. The monoisotopic (exact) mass is 1170 g/mol. The first-order chi connectivity index (χ1) is 40.0. The smallest absolute Gasteiger partial charge is 0.125 e. The molecular weight excluding hydrogens is 1090 g/mol. The number of hydrogen-bond donors (Lipinski definition) is 0. The summed E-state index contributed by atoms with van der Waals surface area (Å²) in [6, 6.07) is 63.8. The van der Waals surface area contributed by atoms with E-state index in [9.17, 15) is 0 Å². The topological polar surface area (TPSA) is 6.48 Å². The van der Waals surface area contributed by atoms with Crippen molar-refractivity contribution in [1.29, 1.82) is 0 Å². The lowest BCUT2D eigenvalue weighted by Gasteiger charge is -2.44. The van der Waals surface area contributed by atoms with Crippen molar-refractivity contribution in [3.8, 4) is 44.5 Å². The molecule has 0 heterocycles. The second-order valence-corrected chi connectivity index (χ2v) is 47.4. The van der Waals surface area contributed by atoms with E-state index in [0.29, 0.717) is 0 Å². The molecule has 0 spiro atoms. The Labute approximate surface area is 502 Å². The average Bonchev–Trinajstić information content (AvgIpc) is 0.807. The molecule has 0 bridgehead atoms. The fourth-order valence-electron chi connectivity index (χ4n) is 13.4. The summed E-state index contributed by atoms with van der Waals surface area (Å²) < 4.78 is 32.1. The first kappa shape index (κ1) is 56.7. The van der Waals surface area contributed by atoms with Gasteiger partial charge in [0.2, 0.25) is 0 Å². The lowest BCUT2D eigenvalue weighted by molar-refractivity contribution is 0.627. The first-order valence-corrected chi connectivity index (χ1v) is 43.8. The van der Waals surface area contributed by atoms with Crippen LogP contribution in [-0.2, 0) is 0 Å². The molecule has 420 valence electrons. The predicted octanol–water partition coefficient (Wildman–Crippen LogP) is 18.9. The average molecular weight is 1170 g/mol. The van der Waals surface area contributed by atoms with E-state index in [2.05, 4.69) is 276 Å². The van der Waals surface area contributed by atoms with Crippen LogP contribution in [0, 0.1) is 17.6 Å². The van der Waals surface area contributed by atoms with Crippen LogP contribution in [0.3, 0.4) is 0 Å². The van der Waals surface area contributed by atoms with Crippen molar-refractivity contribution < 1.29 is 8.78 Å². The second kappa shape index (κ2) is 21.7. The van der Waals surface area contributed by atoms with Gasteiger partial charge in [-0.3, -0.25) is 0 Å². The fourth-order valence-corrected chi connectivity index (χ4v) is 19.9. The number of nitrogens with zero attached hydrogens (tertiary/aromatic N) is 2. The third-order valence-electron chi connectivity index (χ3n) is 17.3. The molecule has 0 saturated heterocycles. The number of rotatable bonds is 14. The van der Waals surface area contributed by atoms with Gasteiger partial charge in [0.15, 0.2) is 0 Å². The molecule has 4 aliphatic rings. The number of allylic oxidation sites excluding steroid dienone is 10. The van der Waals surface area contributed by atoms with Gasteiger partial charge in [0, 0.05) is 34.1 Å². The highest BCUT2D eigenvalue weighted by molar-refractivity contribution is 6.91. The quantitative estimate of drug-likeness (QED) is 0.100. The van der Waals surface area contributed by atoms with Crippen molar-refractivity contribution in [2.75, 3.05) is 9.80 Å². The summed E-state index contributed by atoms with van der Waals surface area (Å²) in [5.41, 5.74) is 19.9. The second-order valence-electron chi connectivity index (χ2n) is 27.2. The zero-order valence-corrected chi connectivity index (χ0v) is 54.7. The van der Waals surface area contributed by atoms with Gasteiger partial charge in [0.1, 0.15) is 11.6 Å². The van der Waals surface area contributed by atoms with Gasteiger partial charge < -0.3 is 9.80 Å². The Morgan fingerprint density at radius 1 is 0.381 bits per heavy atom. The van der Waals surface area contributed by atoms with Crippen LogP contribution >= 0.6 is 0 Å². The molecule has 8 aromatic carbocycles. The van der Waals surface area contributed by atoms with Crippen LogP contribution in [0.5, 0.6) is 0 Å². The first-order valence-electron chi connectivity index (χ1n) is 29.8. The van der Waals surface area contributed by atoms with Gasteiger partial charge in [-0.15, -0.1) is 0 Å². The summed E-state index contributed by atoms with van der Waals surface area (Å²) in [5.74, 6) is -0.721. The van der Waals surface area contributed by atoms with Crippen molar-refractivity contribution in [2.24, 2.45) is 5.92 Å². The Balaban J connectivity index is 1.06. The summed E-state index contributed by atoms with van der Waals surface area (Å²) in [6.07, 6.45) is 18.3. The van der Waals surface area contributed by atoms with E-state index in [1.165, 1.54) is 65.3 Å². The number of hydrogen-bond acceptors (Lipinski definition) is 2. The molecule has 0 radical (unpaired) electrons. The van der Waals surface area contributed by atoms with Gasteiger partial charge in [-0.25, -0.2) is 8.78 Å². The van der Waals surface area contributed by atoms with E-state index in [1.807, 2.05) is 18.2 Å². The van der Waals surface area contributed by atoms with Crippen molar-refractivity contribution in [3.05, 3.63) is 276 Å². The van der Waals surface area contributed by atoms with Gasteiger partial charge in [0.25, 0.3) is 0 Å². The molecular formula is C76H76F2N2Si4. The number of benzene rings is 8. The van der Waals surface area contributed by atoms with E-state index in [-0.39, 0.29) is 23.6 Å². The zero-order valence-electron chi connectivity index (χ0n) is 50.7. The van der Waals surface area contributed by atoms with Crippen molar-refractivity contribution in [3.63, 3.8) is 0 Å². The molecule has 2 atom stereocenters. The van der Waals surface area contributed by atoms with Crippen LogP contribution < -0.4 is 30.5 Å². The van der Waals surface area contributed by atoms with Crippen molar-refractivity contribution >= 4 is 75.8 Å². The third kappa shape index (κ3) is 10.6. The highest BCUT2D eigenvalue weighted by atomic mass is 28.3. The molecule has 0 amide bonds. The Hall–Kier alpha value is -7.73. The summed E-state index contributed by atoms with van der Waals surface area (Å²) in [5, 5.41) is 5.60. The van der Waals surface area contributed by atoms with Gasteiger partial charge in [0.05, 0.1) is 49.7 Å². The molecule has 0 aromatic heterocycles. The standard InChI is InChI=1S/C76H76F2N2Si4/c1-81(2,3)71-31-17-13-27-59(71)53-39-45-69(65(47-53)61-29-15-19-33-73(61)83(7,8)9)79(57-25-21-23-55(77)49-57)67-43-37-51-36-42-64-68(44-38-52-35-41-63(67)75(51)76(52)64)80(58-26-22-24-56(78)50-58)70-46-40-54(60-28-14-18-32-72(60)82(4,5)6)48-66(70)62-30-16-20-34-74(62)84(10,11)12/h13-50,67,76H,1-12H3. The van der Waals surface area contributed by atoms with Gasteiger partial charge in [-0.2, -0.15) is 0 Å². The molecule has 2 nitrogen and oxygen atoms in total. The third-order valence-corrected chi connectivity index (χ3v) is 25.5. The van der Waals surface area contributed by atoms with Crippen molar-refractivity contribution in [2.45, 2.75) is 84.6 Å². The Bertz CT molecular complexity index is 4180. The molecule has 84 heavy (non-hydrogen) atoms. The fraction of sp³-hybridized carbons (Fsp3) is 0.184. The van der Waals surface area contributed by atoms with E-state index >= 15 is 8.78 Å². The minimum Gasteiger partial charge on any atom is -0.330 e. The number of anilines is 4. The Kier molecular flexibility index (Phi) is 14.7. The predicted molar refractivity (Wildman–Crippen MR) is 369 cm³/mol. The summed E-state index contributed by atoms with van der Waals surface area (Å²) >= 11 is 0. The maximum atomic E-state index is 16.1. The van der Waals surface area contributed by atoms with E-state index in [0.717, 1.165) is 56.3 Å². The highest BCUT2D eigenvalue weighted by Crippen LogP contribution is 2.53. The number of halogens is 2. The van der Waals surface area contributed by atoms with E-state index < -0.39 is 32.3 Å². The van der Waals surface area contributed by atoms with Crippen LogP contribution in [0.1, 0.15) is 0 Å². The van der Waals surface area contributed by atoms with Crippen LogP contribution in [0.15, 0.2) is 264 Å².